The third kappa shape index (κ3) is 5.94. The summed E-state index contributed by atoms with van der Waals surface area (Å²) in [6.07, 6.45) is 5.04. The summed E-state index contributed by atoms with van der Waals surface area (Å²) in [5.74, 6) is -0.599. The van der Waals surface area contributed by atoms with Crippen molar-refractivity contribution in [3.8, 4) is 11.5 Å². The van der Waals surface area contributed by atoms with E-state index in [1.165, 1.54) is 0 Å². The van der Waals surface area contributed by atoms with Gasteiger partial charge in [0, 0.05) is 29.2 Å². The molecule has 7 nitrogen and oxygen atoms in total. The zero-order chi connectivity index (χ0) is 31.6. The summed E-state index contributed by atoms with van der Waals surface area (Å²) in [6, 6.07) is 29.4. The Morgan fingerprint density at radius 2 is 1.61 bits per heavy atom. The Bertz CT molecular complexity index is 1800. The van der Waals surface area contributed by atoms with Crippen LogP contribution in [-0.2, 0) is 4.65 Å². The first-order valence-corrected chi connectivity index (χ1v) is 15.8. The molecule has 1 fully saturated rings. The second-order valence-corrected chi connectivity index (χ2v) is 12.2. The smallest absolute Gasteiger partial charge is 0.455 e. The Morgan fingerprint density at radius 1 is 0.891 bits per heavy atom. The number of ether oxygens (including phenoxy) is 1. The average Bonchev–Trinajstić information content (AvgIpc) is 3.09. The van der Waals surface area contributed by atoms with E-state index >= 15 is 0 Å². The van der Waals surface area contributed by atoms with Crippen molar-refractivity contribution in [1.29, 1.82) is 0 Å². The summed E-state index contributed by atoms with van der Waals surface area (Å²) in [5.41, 5.74) is 5.57. The van der Waals surface area contributed by atoms with E-state index in [9.17, 15) is 19.7 Å². The predicted molar refractivity (Wildman–Crippen MR) is 176 cm³/mol. The summed E-state index contributed by atoms with van der Waals surface area (Å²) in [7, 11) is -1.08. The predicted octanol–water partition coefficient (Wildman–Crippen LogP) is 6.69. The van der Waals surface area contributed by atoms with Crippen LogP contribution < -0.4 is 4.74 Å². The van der Waals surface area contributed by atoms with Crippen LogP contribution in [-0.4, -0.2) is 46.5 Å². The van der Waals surface area contributed by atoms with Crippen LogP contribution in [0.5, 0.6) is 11.5 Å². The van der Waals surface area contributed by atoms with Crippen LogP contribution in [0.25, 0.3) is 11.6 Å². The van der Waals surface area contributed by atoms with Crippen LogP contribution in [0.4, 0.5) is 0 Å². The molecule has 7 rings (SSSR count). The van der Waals surface area contributed by atoms with Gasteiger partial charge < -0.3 is 19.5 Å². The molecular formula is C38H34BNO6. The molecule has 0 spiro atoms. The Balaban J connectivity index is 1.26. The average molecular weight is 612 g/mol. The molecule has 1 aliphatic heterocycles. The van der Waals surface area contributed by atoms with Crippen molar-refractivity contribution in [2.75, 3.05) is 6.61 Å². The van der Waals surface area contributed by atoms with Crippen molar-refractivity contribution in [3.05, 3.63) is 137 Å². The number of phenols is 1. The zero-order valence-electron chi connectivity index (χ0n) is 25.3. The van der Waals surface area contributed by atoms with Crippen LogP contribution in [0, 0.1) is 17.8 Å². The van der Waals surface area contributed by atoms with Crippen molar-refractivity contribution in [2.24, 2.45) is 17.8 Å². The first-order valence-electron chi connectivity index (χ1n) is 15.8. The van der Waals surface area contributed by atoms with Crippen molar-refractivity contribution < 1.29 is 29.1 Å². The first-order chi connectivity index (χ1) is 22.5. The van der Waals surface area contributed by atoms with E-state index in [1.54, 1.807) is 42.6 Å². The third-order valence-electron chi connectivity index (χ3n) is 9.42. The molecule has 2 heterocycles. The first kappa shape index (κ1) is 29.9. The Labute approximate surface area is 268 Å². The highest BCUT2D eigenvalue weighted by atomic mass is 16.5. The minimum absolute atomic E-state index is 0.0248. The van der Waals surface area contributed by atoms with Crippen LogP contribution >= 0.6 is 0 Å². The fraction of sp³-hybridized carbons (Fsp3) is 0.237. The molecule has 1 saturated heterocycles. The summed E-state index contributed by atoms with van der Waals surface area (Å²) in [6.45, 7) is 0.259. The normalized spacial score (nSPS) is 22.6. The van der Waals surface area contributed by atoms with Crippen LogP contribution in [0.2, 0.25) is 6.32 Å². The highest BCUT2D eigenvalue weighted by Gasteiger charge is 2.53. The maximum absolute atomic E-state index is 14.1. The molecule has 8 heteroatoms. The molecule has 0 bridgehead atoms. The van der Waals surface area contributed by atoms with Crippen LogP contribution in [0.15, 0.2) is 114 Å². The molecule has 4 aromatic rings. The largest absolute Gasteiger partial charge is 0.508 e. The third-order valence-corrected chi connectivity index (χ3v) is 9.42. The molecule has 3 aliphatic rings. The maximum Gasteiger partial charge on any atom is 0.455 e. The molecule has 230 valence electrons. The van der Waals surface area contributed by atoms with E-state index < -0.39 is 25.1 Å². The van der Waals surface area contributed by atoms with Gasteiger partial charge in [-0.25, -0.2) is 0 Å². The number of carbonyl (C=O) groups excluding carboxylic acids is 2. The quantitative estimate of drug-likeness (QED) is 0.169. The summed E-state index contributed by atoms with van der Waals surface area (Å²) in [5, 5.41) is 20.9. The van der Waals surface area contributed by atoms with Crippen molar-refractivity contribution >= 4 is 30.3 Å². The SMILES string of the molecule is O=C1c2ccccc2C(=O)[C@@H]2CC(COc3ccccc3)=C3[C@@H](CC/C(=C/c4ccc(O)cc4)c4ccccn4)OB(O)C[C@@H]3[C@H]12. The minimum atomic E-state index is -1.08. The molecule has 4 atom stereocenters. The van der Waals surface area contributed by atoms with Crippen LogP contribution in [0.3, 0.4) is 0 Å². The number of fused-ring (bicyclic) bond motifs is 4. The number of phenolic OH excluding ortho intramolecular Hbond substituents is 1. The second-order valence-electron chi connectivity index (χ2n) is 12.2. The van der Waals surface area contributed by atoms with Gasteiger partial charge in [0.25, 0.3) is 0 Å². The summed E-state index contributed by atoms with van der Waals surface area (Å²) >= 11 is 0. The highest BCUT2D eigenvalue weighted by molar-refractivity contribution is 6.43. The van der Waals surface area contributed by atoms with Gasteiger partial charge in [-0.2, -0.15) is 0 Å². The minimum Gasteiger partial charge on any atom is -0.508 e. The van der Waals surface area contributed by atoms with E-state index in [1.807, 2.05) is 66.7 Å². The number of carbonyl (C=O) groups is 2. The molecule has 0 amide bonds. The van der Waals surface area contributed by atoms with Gasteiger partial charge >= 0.3 is 7.12 Å². The van der Waals surface area contributed by atoms with E-state index in [2.05, 4.69) is 4.98 Å². The Hall–Kier alpha value is -4.79. The molecule has 0 radical (unpaired) electrons. The molecule has 1 aromatic heterocycles. The van der Waals surface area contributed by atoms with Crippen LogP contribution in [0.1, 0.15) is 51.2 Å². The molecule has 2 aliphatic carbocycles. The fourth-order valence-electron chi connectivity index (χ4n) is 7.37. The summed E-state index contributed by atoms with van der Waals surface area (Å²) < 4.78 is 12.5. The topological polar surface area (TPSA) is 106 Å². The number of Topliss-reactive ketones (excluding diaryl/α,β-unsaturated/α-hetero) is 2. The van der Waals surface area contributed by atoms with E-state index in [-0.39, 0.29) is 36.2 Å². The Kier molecular flexibility index (Phi) is 8.39. The lowest BCUT2D eigenvalue weighted by atomic mass is 9.54. The number of pyridine rings is 1. The number of benzene rings is 3. The molecule has 2 N–H and O–H groups in total. The molecule has 0 saturated carbocycles. The number of hydrogen-bond acceptors (Lipinski definition) is 7. The van der Waals surface area contributed by atoms with Gasteiger partial charge in [-0.05, 0) is 96.3 Å². The highest BCUT2D eigenvalue weighted by Crippen LogP contribution is 2.51. The van der Waals surface area contributed by atoms with Gasteiger partial charge in [0.1, 0.15) is 18.1 Å². The number of hydrogen-bond donors (Lipinski definition) is 2. The maximum atomic E-state index is 14.1. The second kappa shape index (κ2) is 12.9. The number of allylic oxidation sites excluding steroid dienone is 1. The van der Waals surface area contributed by atoms with E-state index in [0.717, 1.165) is 28.0 Å². The lowest BCUT2D eigenvalue weighted by Crippen LogP contribution is -2.51. The van der Waals surface area contributed by atoms with E-state index in [0.29, 0.717) is 36.1 Å². The Morgan fingerprint density at radius 3 is 2.35 bits per heavy atom. The van der Waals surface area contributed by atoms with Crippen molar-refractivity contribution in [3.63, 3.8) is 0 Å². The standard InChI is InChI=1S/C38H34BNO6/c41-27-16-13-24(14-17-27)20-25(33-12-6-7-19-40-33)15-18-34-35-26(23-45-28-8-2-1-3-9-28)21-31-36(32(35)22-39(44)46-34)38(43)30-11-5-4-10-29(30)37(31)42/h1-14,16-17,19-20,31-32,34,36,41,44H,15,18,21-23H2/b25-20-/t31-,32+,34-,36-/m1/s1. The lowest BCUT2D eigenvalue weighted by molar-refractivity contribution is 0.0593. The van der Waals surface area contributed by atoms with Gasteiger partial charge in [-0.15, -0.1) is 0 Å². The number of aromatic hydroxyl groups is 1. The number of ketones is 2. The van der Waals surface area contributed by atoms with Gasteiger partial charge in [-0.3, -0.25) is 14.6 Å². The number of aromatic nitrogens is 1. The lowest BCUT2D eigenvalue weighted by Gasteiger charge is -2.47. The molecule has 3 aromatic carbocycles. The molecule has 0 unspecified atom stereocenters. The number of para-hydroxylation sites is 1. The van der Waals surface area contributed by atoms with Crippen molar-refractivity contribution in [1.82, 2.24) is 4.98 Å². The fourth-order valence-corrected chi connectivity index (χ4v) is 7.37. The number of nitrogens with zero attached hydrogens (tertiary/aromatic N) is 1. The van der Waals surface area contributed by atoms with Crippen molar-refractivity contribution in [2.45, 2.75) is 31.7 Å². The monoisotopic (exact) mass is 611 g/mol. The summed E-state index contributed by atoms with van der Waals surface area (Å²) in [4.78, 5) is 32.5. The van der Waals surface area contributed by atoms with Gasteiger partial charge in [-0.1, -0.05) is 60.7 Å². The van der Waals surface area contributed by atoms with Gasteiger partial charge in [0.2, 0.25) is 0 Å². The van der Waals surface area contributed by atoms with Gasteiger partial charge in [0.05, 0.1) is 11.8 Å². The zero-order valence-corrected chi connectivity index (χ0v) is 25.3. The molecule has 46 heavy (non-hydrogen) atoms. The van der Waals surface area contributed by atoms with E-state index in [4.69, 9.17) is 9.39 Å². The number of rotatable bonds is 8. The van der Waals surface area contributed by atoms with Gasteiger partial charge in [0.15, 0.2) is 11.6 Å². The molecular weight excluding hydrogens is 577 g/mol.